The molecule has 1 saturated carbocycles. The largest absolute Gasteiger partial charge is 0.329 e. The van der Waals surface area contributed by atoms with E-state index in [0.717, 1.165) is 13.1 Å². The van der Waals surface area contributed by atoms with E-state index in [9.17, 15) is 0 Å². The quantitative estimate of drug-likeness (QED) is 0.751. The first kappa shape index (κ1) is 12.0. The Balaban J connectivity index is 2.74. The monoisotopic (exact) mass is 198 g/mol. The molecule has 0 aromatic rings. The van der Waals surface area contributed by atoms with Gasteiger partial charge in [0.1, 0.15) is 0 Å². The molecule has 0 aromatic heterocycles. The van der Waals surface area contributed by atoms with Gasteiger partial charge in [0.25, 0.3) is 0 Å². The topological polar surface area (TPSA) is 29.3 Å². The molecule has 2 nitrogen and oxygen atoms in total. The van der Waals surface area contributed by atoms with E-state index in [2.05, 4.69) is 25.7 Å². The Kier molecular flexibility index (Phi) is 4.39. The van der Waals surface area contributed by atoms with E-state index < -0.39 is 0 Å². The molecule has 1 rings (SSSR count). The summed E-state index contributed by atoms with van der Waals surface area (Å²) in [7, 11) is 0. The molecular formula is C12H26N2. The van der Waals surface area contributed by atoms with Crippen LogP contribution >= 0.6 is 0 Å². The third-order valence-corrected chi connectivity index (χ3v) is 3.74. The standard InChI is InChI=1S/C12H26N2/c1-4-14(11(2)3)12(10-13)8-6-5-7-9-12/h11H,4-10,13H2,1-3H3. The Labute approximate surface area is 88.8 Å². The molecule has 1 aliphatic carbocycles. The lowest BCUT2D eigenvalue weighted by molar-refractivity contribution is 0.0351. The first-order chi connectivity index (χ1) is 6.66. The Bertz CT molecular complexity index is 160. The molecule has 0 unspecified atom stereocenters. The van der Waals surface area contributed by atoms with E-state index in [1.165, 1.54) is 32.1 Å². The predicted octanol–water partition coefficient (Wildman–Crippen LogP) is 2.38. The molecule has 0 atom stereocenters. The minimum Gasteiger partial charge on any atom is -0.329 e. The summed E-state index contributed by atoms with van der Waals surface area (Å²) in [5.74, 6) is 0. The lowest BCUT2D eigenvalue weighted by Crippen LogP contribution is -2.57. The fraction of sp³-hybridized carbons (Fsp3) is 1.00. The first-order valence-corrected chi connectivity index (χ1v) is 6.13. The zero-order chi connectivity index (χ0) is 10.6. The molecule has 0 amide bonds. The maximum atomic E-state index is 6.01. The van der Waals surface area contributed by atoms with Gasteiger partial charge in [0.2, 0.25) is 0 Å². The molecule has 2 N–H and O–H groups in total. The highest BCUT2D eigenvalue weighted by Gasteiger charge is 2.36. The van der Waals surface area contributed by atoms with Crippen molar-refractivity contribution in [3.8, 4) is 0 Å². The molecule has 14 heavy (non-hydrogen) atoms. The van der Waals surface area contributed by atoms with Crippen molar-refractivity contribution in [1.29, 1.82) is 0 Å². The van der Waals surface area contributed by atoms with Crippen molar-refractivity contribution in [2.75, 3.05) is 13.1 Å². The van der Waals surface area contributed by atoms with Crippen LogP contribution in [0.15, 0.2) is 0 Å². The maximum absolute atomic E-state index is 6.01. The average Bonchev–Trinajstić information content (AvgIpc) is 2.19. The summed E-state index contributed by atoms with van der Waals surface area (Å²) in [6, 6.07) is 0.627. The number of rotatable bonds is 4. The number of hydrogen-bond donors (Lipinski definition) is 1. The molecule has 1 aliphatic rings. The highest BCUT2D eigenvalue weighted by atomic mass is 15.2. The molecule has 0 spiro atoms. The summed E-state index contributed by atoms with van der Waals surface area (Å²) in [6.45, 7) is 8.80. The molecule has 0 aromatic carbocycles. The lowest BCUT2D eigenvalue weighted by atomic mass is 9.79. The van der Waals surface area contributed by atoms with Crippen LogP contribution in [0.5, 0.6) is 0 Å². The zero-order valence-electron chi connectivity index (χ0n) is 10.1. The average molecular weight is 198 g/mol. The Hall–Kier alpha value is -0.0800. The van der Waals surface area contributed by atoms with Gasteiger partial charge in [-0.2, -0.15) is 0 Å². The molecule has 0 aliphatic heterocycles. The maximum Gasteiger partial charge on any atom is 0.0334 e. The summed E-state index contributed by atoms with van der Waals surface area (Å²) in [5, 5.41) is 0. The van der Waals surface area contributed by atoms with Gasteiger partial charge in [-0.1, -0.05) is 26.2 Å². The van der Waals surface area contributed by atoms with Gasteiger partial charge < -0.3 is 5.73 Å². The van der Waals surface area contributed by atoms with Crippen molar-refractivity contribution >= 4 is 0 Å². The number of likely N-dealkylation sites (N-methyl/N-ethyl adjacent to an activating group) is 1. The molecule has 2 heteroatoms. The predicted molar refractivity (Wildman–Crippen MR) is 62.4 cm³/mol. The van der Waals surface area contributed by atoms with Crippen LogP contribution in [0.1, 0.15) is 52.9 Å². The molecular weight excluding hydrogens is 172 g/mol. The summed E-state index contributed by atoms with van der Waals surface area (Å²) >= 11 is 0. The van der Waals surface area contributed by atoms with Crippen LogP contribution in [-0.4, -0.2) is 29.6 Å². The van der Waals surface area contributed by atoms with E-state index in [1.807, 2.05) is 0 Å². The smallest absolute Gasteiger partial charge is 0.0334 e. The van der Waals surface area contributed by atoms with Crippen molar-refractivity contribution in [2.45, 2.75) is 64.5 Å². The summed E-state index contributed by atoms with van der Waals surface area (Å²) < 4.78 is 0. The summed E-state index contributed by atoms with van der Waals surface area (Å²) in [4.78, 5) is 2.60. The van der Waals surface area contributed by atoms with Gasteiger partial charge in [0, 0.05) is 18.1 Å². The Morgan fingerprint density at radius 1 is 1.21 bits per heavy atom. The highest BCUT2D eigenvalue weighted by Crippen LogP contribution is 2.33. The van der Waals surface area contributed by atoms with Crippen LogP contribution in [0.25, 0.3) is 0 Å². The Morgan fingerprint density at radius 2 is 1.79 bits per heavy atom. The minimum absolute atomic E-state index is 0.321. The fourth-order valence-corrected chi connectivity index (χ4v) is 3.07. The van der Waals surface area contributed by atoms with Crippen molar-refractivity contribution in [3.63, 3.8) is 0 Å². The van der Waals surface area contributed by atoms with Crippen molar-refractivity contribution < 1.29 is 0 Å². The first-order valence-electron chi connectivity index (χ1n) is 6.13. The second-order valence-corrected chi connectivity index (χ2v) is 4.87. The SMILES string of the molecule is CCN(C(C)C)C1(CN)CCCCC1. The van der Waals surface area contributed by atoms with Crippen LogP contribution < -0.4 is 5.73 Å². The number of nitrogens with two attached hydrogens (primary N) is 1. The zero-order valence-corrected chi connectivity index (χ0v) is 10.1. The number of nitrogens with zero attached hydrogens (tertiary/aromatic N) is 1. The minimum atomic E-state index is 0.321. The van der Waals surface area contributed by atoms with Gasteiger partial charge in [-0.25, -0.2) is 0 Å². The highest BCUT2D eigenvalue weighted by molar-refractivity contribution is 4.94. The molecule has 0 saturated heterocycles. The fourth-order valence-electron chi connectivity index (χ4n) is 3.07. The van der Waals surface area contributed by atoms with Gasteiger partial charge in [0.15, 0.2) is 0 Å². The molecule has 0 bridgehead atoms. The third-order valence-electron chi connectivity index (χ3n) is 3.74. The normalized spacial score (nSPS) is 21.9. The van der Waals surface area contributed by atoms with Crippen molar-refractivity contribution in [2.24, 2.45) is 5.73 Å². The lowest BCUT2D eigenvalue weighted by Gasteiger charge is -2.47. The van der Waals surface area contributed by atoms with E-state index in [1.54, 1.807) is 0 Å². The van der Waals surface area contributed by atoms with E-state index in [0.29, 0.717) is 11.6 Å². The van der Waals surface area contributed by atoms with Crippen LogP contribution in [0, 0.1) is 0 Å². The van der Waals surface area contributed by atoms with Gasteiger partial charge in [0.05, 0.1) is 0 Å². The van der Waals surface area contributed by atoms with Crippen LogP contribution in [0.2, 0.25) is 0 Å². The molecule has 0 heterocycles. The van der Waals surface area contributed by atoms with Gasteiger partial charge >= 0.3 is 0 Å². The van der Waals surface area contributed by atoms with Gasteiger partial charge in [-0.15, -0.1) is 0 Å². The van der Waals surface area contributed by atoms with E-state index in [-0.39, 0.29) is 0 Å². The summed E-state index contributed by atoms with van der Waals surface area (Å²) in [6.07, 6.45) is 6.73. The second-order valence-electron chi connectivity index (χ2n) is 4.87. The van der Waals surface area contributed by atoms with Crippen LogP contribution in [-0.2, 0) is 0 Å². The summed E-state index contributed by atoms with van der Waals surface area (Å²) in [5.41, 5.74) is 6.33. The van der Waals surface area contributed by atoms with Crippen LogP contribution in [0.3, 0.4) is 0 Å². The third kappa shape index (κ3) is 2.29. The van der Waals surface area contributed by atoms with Gasteiger partial charge in [-0.3, -0.25) is 4.90 Å². The molecule has 1 fully saturated rings. The van der Waals surface area contributed by atoms with Crippen LogP contribution in [0.4, 0.5) is 0 Å². The number of hydrogen-bond acceptors (Lipinski definition) is 2. The molecule has 0 radical (unpaired) electrons. The molecule has 84 valence electrons. The Morgan fingerprint density at radius 3 is 2.14 bits per heavy atom. The van der Waals surface area contributed by atoms with E-state index in [4.69, 9.17) is 5.73 Å². The second kappa shape index (κ2) is 5.13. The van der Waals surface area contributed by atoms with Crippen molar-refractivity contribution in [1.82, 2.24) is 4.90 Å². The van der Waals surface area contributed by atoms with Crippen molar-refractivity contribution in [3.05, 3.63) is 0 Å². The van der Waals surface area contributed by atoms with E-state index >= 15 is 0 Å². The van der Waals surface area contributed by atoms with Gasteiger partial charge in [-0.05, 0) is 33.2 Å².